The van der Waals surface area contributed by atoms with E-state index < -0.39 is 0 Å². The molecule has 0 spiro atoms. The zero-order valence-corrected chi connectivity index (χ0v) is 6.27. The van der Waals surface area contributed by atoms with Crippen LogP contribution < -0.4 is 5.31 Å². The summed E-state index contributed by atoms with van der Waals surface area (Å²) in [7, 11) is 0. The average Bonchev–Trinajstić information content (AvgIpc) is 1.90. The molecule has 0 saturated carbocycles. The average molecular weight is 129 g/mol. The molecule has 1 unspecified atom stereocenters. The summed E-state index contributed by atoms with van der Waals surface area (Å²) in [4.78, 5) is 0. The van der Waals surface area contributed by atoms with E-state index in [2.05, 4.69) is 6.92 Å². The monoisotopic (exact) mass is 129 g/mol. The summed E-state index contributed by atoms with van der Waals surface area (Å²) in [5.74, 6) is 0.841. The second-order valence-electron chi connectivity index (χ2n) is 3.06. The molecular formula is C8H17N. The molecule has 1 fully saturated rings. The fourth-order valence-electron chi connectivity index (χ4n) is 1.28. The van der Waals surface area contributed by atoms with E-state index in [0.29, 0.717) is 0 Å². The van der Waals surface area contributed by atoms with Crippen LogP contribution in [0.4, 0.5) is 0 Å². The Bertz CT molecular complexity index is 83.3. The van der Waals surface area contributed by atoms with Gasteiger partial charge in [0, 0.05) is 0 Å². The quantitative estimate of drug-likeness (QED) is 0.526. The molecule has 0 aromatic rings. The number of rotatable bonds is 0. The molecule has 0 radical (unpaired) electrons. The summed E-state index contributed by atoms with van der Waals surface area (Å²) in [6.07, 6.45) is 5.11. The van der Waals surface area contributed by atoms with E-state index in [9.17, 15) is 0 Å². The van der Waals surface area contributed by atoms with Crippen LogP contribution in [0, 0.1) is 5.92 Å². The van der Waals surface area contributed by atoms with Gasteiger partial charge in [0.2, 0.25) is 0 Å². The predicted molar refractivity (Wildman–Crippen MR) is 40.5 cm³/mol. The number of hydrogen-bond donors (Lipinski definition) is 1. The van der Waals surface area contributed by atoms with Crippen molar-refractivity contribution in [2.24, 2.45) is 5.92 Å². The molecule has 1 heterocycles. The molecule has 1 nitrogen and oxygen atoms in total. The molecule has 0 bridgehead atoms. The van der Waals surface area contributed by atoms with Crippen molar-refractivity contribution in [1.29, 1.82) is 0 Å². The molecule has 9 heavy (non-hydrogen) atoms. The number of hydrogen-bond acceptors (Lipinski definition) is 1. The van der Waals surface area contributed by atoms with Gasteiger partial charge < -0.3 is 5.31 Å². The Morgan fingerprint density at radius 2 is 2.22 bits per heavy atom. The molecule has 0 aromatic heterocycles. The van der Waals surface area contributed by atoms with Crippen LogP contribution in [0.25, 0.3) is 0 Å². The van der Waals surface area contributed by atoms with E-state index in [4.69, 9.17) is 1.41 Å². The minimum Gasteiger partial charge on any atom is -0.317 e. The summed E-state index contributed by atoms with van der Waals surface area (Å²) >= 11 is 0. The maximum Gasteiger partial charge on any atom is 0.122 e. The maximum absolute atomic E-state index is 7.43. The third kappa shape index (κ3) is 2.85. The van der Waals surface area contributed by atoms with Crippen LogP contribution in [0.5, 0.6) is 0 Å². The third-order valence-corrected chi connectivity index (χ3v) is 2.04. The molecule has 1 aliphatic heterocycles. The molecule has 1 aliphatic rings. The van der Waals surface area contributed by atoms with Crippen molar-refractivity contribution < 1.29 is 1.41 Å². The lowest BCUT2D eigenvalue weighted by atomic mass is 9.99. The highest BCUT2D eigenvalue weighted by molar-refractivity contribution is 4.60. The minimum atomic E-state index is 0.841. The van der Waals surface area contributed by atoms with E-state index in [1.54, 1.807) is 5.31 Å². The molecule has 1 atom stereocenters. The fraction of sp³-hybridized carbons (Fsp3) is 1.00. The Hall–Kier alpha value is -0.0400. The second kappa shape index (κ2) is 3.89. The third-order valence-electron chi connectivity index (χ3n) is 2.04. The Kier molecular flexibility index (Phi) is 2.47. The van der Waals surface area contributed by atoms with Crippen LogP contribution >= 0.6 is 0 Å². The van der Waals surface area contributed by atoms with E-state index in [1.807, 2.05) is 0 Å². The van der Waals surface area contributed by atoms with Crippen molar-refractivity contribution in [3.8, 4) is 0 Å². The van der Waals surface area contributed by atoms with Crippen LogP contribution in [0.15, 0.2) is 0 Å². The molecular weight excluding hydrogens is 110 g/mol. The van der Waals surface area contributed by atoms with E-state index in [-0.39, 0.29) is 0 Å². The summed E-state index contributed by atoms with van der Waals surface area (Å²) < 4.78 is 7.43. The Morgan fingerprint density at radius 1 is 1.33 bits per heavy atom. The molecule has 54 valence electrons. The van der Waals surface area contributed by atoms with Crippen LogP contribution in [0.2, 0.25) is 1.41 Å². The highest BCUT2D eigenvalue weighted by Crippen LogP contribution is 2.12. The summed E-state index contributed by atoms with van der Waals surface area (Å²) in [5, 5.41) is 1.70. The van der Waals surface area contributed by atoms with E-state index in [0.717, 1.165) is 19.0 Å². The fourth-order valence-corrected chi connectivity index (χ4v) is 1.28. The molecule has 1 N–H and O–H groups in total. The van der Waals surface area contributed by atoms with Gasteiger partial charge in [-0.05, 0) is 31.8 Å². The predicted octanol–water partition coefficient (Wildman–Crippen LogP) is 1.79. The first-order chi connectivity index (χ1) is 4.79. The topological polar surface area (TPSA) is 12.0 Å². The first kappa shape index (κ1) is 5.72. The van der Waals surface area contributed by atoms with Crippen molar-refractivity contribution in [2.45, 2.75) is 32.6 Å². The van der Waals surface area contributed by atoms with E-state index in [1.165, 1.54) is 25.7 Å². The Balaban J connectivity index is 2.23. The molecule has 0 aromatic carbocycles. The van der Waals surface area contributed by atoms with Crippen molar-refractivity contribution in [1.82, 2.24) is 5.31 Å². The van der Waals surface area contributed by atoms with Crippen LogP contribution in [0.3, 0.4) is 0 Å². The highest BCUT2D eigenvalue weighted by Gasteiger charge is 2.03. The Labute approximate surface area is 59.3 Å². The molecule has 1 saturated heterocycles. The van der Waals surface area contributed by atoms with Gasteiger partial charge in [0.25, 0.3) is 0 Å². The summed E-state index contributed by atoms with van der Waals surface area (Å²) in [5.41, 5.74) is 0. The van der Waals surface area contributed by atoms with Gasteiger partial charge in [0.15, 0.2) is 0 Å². The first-order valence-corrected chi connectivity index (χ1v) is 4.03. The zero-order valence-electron chi connectivity index (χ0n) is 7.27. The van der Waals surface area contributed by atoms with Gasteiger partial charge in [-0.1, -0.05) is 19.8 Å². The molecule has 1 rings (SSSR count). The summed E-state index contributed by atoms with van der Waals surface area (Å²) in [6, 6.07) is 0. The van der Waals surface area contributed by atoms with Crippen molar-refractivity contribution in [3.05, 3.63) is 0 Å². The lowest BCUT2D eigenvalue weighted by Crippen LogP contribution is -2.21. The lowest BCUT2D eigenvalue weighted by Gasteiger charge is -2.15. The van der Waals surface area contributed by atoms with Gasteiger partial charge in [0.1, 0.15) is 1.41 Å². The van der Waals surface area contributed by atoms with Crippen LogP contribution in [-0.4, -0.2) is 13.1 Å². The first-order valence-electron chi connectivity index (χ1n) is 4.47. The smallest absolute Gasteiger partial charge is 0.122 e. The van der Waals surface area contributed by atoms with Crippen molar-refractivity contribution >= 4 is 0 Å². The van der Waals surface area contributed by atoms with Gasteiger partial charge in [-0.15, -0.1) is 0 Å². The van der Waals surface area contributed by atoms with Gasteiger partial charge >= 0.3 is 0 Å². The van der Waals surface area contributed by atoms with Gasteiger partial charge in [0.05, 0.1) is 0 Å². The zero-order chi connectivity index (χ0) is 7.40. The largest absolute Gasteiger partial charge is 0.317 e. The SMILES string of the molecule is [3H]N1CCCCC(C)CC1. The van der Waals surface area contributed by atoms with Crippen LogP contribution in [0.1, 0.15) is 32.6 Å². The highest BCUT2D eigenvalue weighted by atomic mass is 14.8. The second-order valence-corrected chi connectivity index (χ2v) is 3.06. The van der Waals surface area contributed by atoms with Crippen molar-refractivity contribution in [3.63, 3.8) is 0 Å². The molecule has 0 aliphatic carbocycles. The Morgan fingerprint density at radius 3 is 3.11 bits per heavy atom. The standard InChI is InChI=1S/C8H17N/c1-8-4-2-3-6-9-7-5-8/h8-9H,2-7H2,1H3/i/hT. The lowest BCUT2D eigenvalue weighted by molar-refractivity contribution is 0.415. The molecule has 0 amide bonds. The van der Waals surface area contributed by atoms with E-state index >= 15 is 0 Å². The minimum absolute atomic E-state index is 0.841. The number of nitrogens with one attached hydrogen (secondary N) is 1. The molecule has 1 heteroatoms. The van der Waals surface area contributed by atoms with Crippen molar-refractivity contribution in [2.75, 3.05) is 13.1 Å². The van der Waals surface area contributed by atoms with Gasteiger partial charge in [-0.2, -0.15) is 0 Å². The van der Waals surface area contributed by atoms with Gasteiger partial charge in [-0.3, -0.25) is 0 Å². The maximum atomic E-state index is 7.43. The summed E-state index contributed by atoms with van der Waals surface area (Å²) in [6.45, 7) is 4.24. The normalized spacial score (nSPS) is 34.8. The van der Waals surface area contributed by atoms with Gasteiger partial charge in [-0.25, -0.2) is 0 Å². The van der Waals surface area contributed by atoms with Crippen LogP contribution in [-0.2, 0) is 0 Å².